The lowest BCUT2D eigenvalue weighted by molar-refractivity contribution is 0.371. The lowest BCUT2D eigenvalue weighted by atomic mass is 10.1. The minimum atomic E-state index is 0.125. The molecule has 0 aromatic heterocycles. The van der Waals surface area contributed by atoms with Gasteiger partial charge in [0.1, 0.15) is 0 Å². The van der Waals surface area contributed by atoms with Crippen LogP contribution in [0.4, 0.5) is 0 Å². The van der Waals surface area contributed by atoms with Gasteiger partial charge in [-0.15, -0.1) is 0 Å². The van der Waals surface area contributed by atoms with E-state index in [0.717, 1.165) is 10.0 Å². The first kappa shape index (κ1) is 16.3. The van der Waals surface area contributed by atoms with Crippen LogP contribution in [0.25, 0.3) is 0 Å². The van der Waals surface area contributed by atoms with Crippen molar-refractivity contribution in [2.75, 3.05) is 7.11 Å². The molecule has 1 unspecified atom stereocenters. The summed E-state index contributed by atoms with van der Waals surface area (Å²) in [6.07, 6.45) is 0. The zero-order valence-corrected chi connectivity index (χ0v) is 15.0. The average molecular weight is 415 g/mol. The molecule has 0 aliphatic rings. The number of benzene rings is 2. The van der Waals surface area contributed by atoms with Gasteiger partial charge in [-0.2, -0.15) is 0 Å². The van der Waals surface area contributed by atoms with E-state index in [4.69, 9.17) is 4.74 Å². The predicted octanol–water partition coefficient (Wildman–Crippen LogP) is 4.78. The molecule has 1 atom stereocenters. The van der Waals surface area contributed by atoms with Gasteiger partial charge in [-0.1, -0.05) is 34.1 Å². The zero-order chi connectivity index (χ0) is 15.4. The van der Waals surface area contributed by atoms with Crippen LogP contribution in [0.2, 0.25) is 0 Å². The molecule has 0 aliphatic carbocycles. The second kappa shape index (κ2) is 7.29. The minimum Gasteiger partial charge on any atom is -0.503 e. The van der Waals surface area contributed by atoms with Crippen molar-refractivity contribution >= 4 is 31.9 Å². The maximum atomic E-state index is 9.82. The van der Waals surface area contributed by atoms with Crippen molar-refractivity contribution in [3.05, 3.63) is 56.5 Å². The summed E-state index contributed by atoms with van der Waals surface area (Å²) in [7, 11) is 1.54. The molecule has 0 saturated heterocycles. The van der Waals surface area contributed by atoms with Crippen molar-refractivity contribution in [1.29, 1.82) is 0 Å². The van der Waals surface area contributed by atoms with Gasteiger partial charge in [-0.25, -0.2) is 0 Å². The normalized spacial score (nSPS) is 12.2. The highest BCUT2D eigenvalue weighted by atomic mass is 79.9. The number of nitrogens with one attached hydrogen (secondary N) is 1. The second-order valence-corrected chi connectivity index (χ2v) is 6.46. The Morgan fingerprint density at radius 2 is 1.90 bits per heavy atom. The Morgan fingerprint density at radius 1 is 1.19 bits per heavy atom. The molecule has 5 heteroatoms. The van der Waals surface area contributed by atoms with Crippen molar-refractivity contribution in [2.24, 2.45) is 0 Å². The van der Waals surface area contributed by atoms with E-state index in [1.807, 2.05) is 30.3 Å². The Balaban J connectivity index is 2.10. The van der Waals surface area contributed by atoms with Crippen molar-refractivity contribution in [2.45, 2.75) is 19.5 Å². The molecule has 21 heavy (non-hydrogen) atoms. The molecule has 2 N–H and O–H groups in total. The maximum absolute atomic E-state index is 9.82. The maximum Gasteiger partial charge on any atom is 0.172 e. The van der Waals surface area contributed by atoms with Crippen molar-refractivity contribution in [1.82, 2.24) is 5.32 Å². The number of methoxy groups -OCH3 is 1. The number of phenols is 1. The van der Waals surface area contributed by atoms with E-state index in [9.17, 15) is 5.11 Å². The molecular weight excluding hydrogens is 398 g/mol. The Labute approximate surface area is 141 Å². The molecule has 0 heterocycles. The summed E-state index contributed by atoms with van der Waals surface area (Å²) in [4.78, 5) is 0. The third-order valence-corrected chi connectivity index (χ3v) is 4.62. The van der Waals surface area contributed by atoms with Crippen LogP contribution in [0.5, 0.6) is 11.5 Å². The first-order valence-corrected chi connectivity index (χ1v) is 8.14. The lowest BCUT2D eigenvalue weighted by Gasteiger charge is -2.16. The molecule has 0 saturated carbocycles. The standard InChI is InChI=1S/C16H17Br2NO2/c1-10(12-5-3-4-6-13(12)17)19-9-11-7-14(18)16(20)15(8-11)21-2/h3-8,10,19-20H,9H2,1-2H3. The summed E-state index contributed by atoms with van der Waals surface area (Å²) in [6, 6.07) is 12.1. The van der Waals surface area contributed by atoms with Crippen LogP contribution < -0.4 is 10.1 Å². The van der Waals surface area contributed by atoms with E-state index in [-0.39, 0.29) is 11.8 Å². The average Bonchev–Trinajstić information content (AvgIpc) is 2.48. The number of hydrogen-bond donors (Lipinski definition) is 2. The van der Waals surface area contributed by atoms with E-state index < -0.39 is 0 Å². The van der Waals surface area contributed by atoms with Gasteiger partial charge in [0, 0.05) is 17.1 Å². The molecule has 2 rings (SSSR count). The van der Waals surface area contributed by atoms with Gasteiger partial charge in [0.25, 0.3) is 0 Å². The SMILES string of the molecule is COc1cc(CNC(C)c2ccccc2Br)cc(Br)c1O. The Bertz CT molecular complexity index is 632. The van der Waals surface area contributed by atoms with Crippen molar-refractivity contribution < 1.29 is 9.84 Å². The topological polar surface area (TPSA) is 41.5 Å². The molecule has 0 fully saturated rings. The van der Waals surface area contributed by atoms with E-state index in [1.165, 1.54) is 5.56 Å². The summed E-state index contributed by atoms with van der Waals surface area (Å²) in [5.41, 5.74) is 2.25. The monoisotopic (exact) mass is 413 g/mol. The highest BCUT2D eigenvalue weighted by Gasteiger charge is 2.11. The molecule has 112 valence electrons. The van der Waals surface area contributed by atoms with E-state index >= 15 is 0 Å². The second-order valence-electron chi connectivity index (χ2n) is 4.75. The quantitative estimate of drug-likeness (QED) is 0.739. The van der Waals surface area contributed by atoms with Gasteiger partial charge in [0.15, 0.2) is 11.5 Å². The van der Waals surface area contributed by atoms with Gasteiger partial charge in [-0.3, -0.25) is 0 Å². The largest absolute Gasteiger partial charge is 0.503 e. The van der Waals surface area contributed by atoms with Gasteiger partial charge >= 0.3 is 0 Å². The molecule has 0 spiro atoms. The highest BCUT2D eigenvalue weighted by Crippen LogP contribution is 2.35. The molecule has 0 aliphatic heterocycles. The minimum absolute atomic E-state index is 0.125. The lowest BCUT2D eigenvalue weighted by Crippen LogP contribution is -2.18. The number of rotatable bonds is 5. The van der Waals surface area contributed by atoms with E-state index in [0.29, 0.717) is 16.8 Å². The summed E-state index contributed by atoms with van der Waals surface area (Å²) >= 11 is 6.90. The molecule has 0 bridgehead atoms. The number of phenolic OH excluding ortho intramolecular Hbond substituents is 1. The van der Waals surface area contributed by atoms with Crippen molar-refractivity contribution in [3.63, 3.8) is 0 Å². The van der Waals surface area contributed by atoms with Crippen LogP contribution >= 0.6 is 31.9 Å². The van der Waals surface area contributed by atoms with Gasteiger partial charge < -0.3 is 15.2 Å². The number of halogens is 2. The first-order chi connectivity index (χ1) is 10.0. The fraction of sp³-hybridized carbons (Fsp3) is 0.250. The Kier molecular flexibility index (Phi) is 5.67. The van der Waals surface area contributed by atoms with Gasteiger partial charge in [0.05, 0.1) is 11.6 Å². The van der Waals surface area contributed by atoms with Gasteiger partial charge in [-0.05, 0) is 52.2 Å². The Hall–Kier alpha value is -1.04. The van der Waals surface area contributed by atoms with E-state index in [2.05, 4.69) is 50.2 Å². The fourth-order valence-electron chi connectivity index (χ4n) is 2.09. The van der Waals surface area contributed by atoms with Crippen LogP contribution in [0.15, 0.2) is 45.3 Å². The number of hydrogen-bond acceptors (Lipinski definition) is 3. The molecule has 3 nitrogen and oxygen atoms in total. The van der Waals surface area contributed by atoms with Crippen LogP contribution in [-0.4, -0.2) is 12.2 Å². The summed E-state index contributed by atoms with van der Waals surface area (Å²) in [6.45, 7) is 2.80. The van der Waals surface area contributed by atoms with Gasteiger partial charge in [0.2, 0.25) is 0 Å². The van der Waals surface area contributed by atoms with Crippen LogP contribution in [0.1, 0.15) is 24.1 Å². The molecule has 2 aromatic rings. The highest BCUT2D eigenvalue weighted by molar-refractivity contribution is 9.10. The third kappa shape index (κ3) is 3.99. The number of ether oxygens (including phenoxy) is 1. The summed E-state index contributed by atoms with van der Waals surface area (Å²) < 4.78 is 6.89. The molecule has 0 radical (unpaired) electrons. The predicted molar refractivity (Wildman–Crippen MR) is 91.8 cm³/mol. The summed E-state index contributed by atoms with van der Waals surface area (Å²) in [5.74, 6) is 0.592. The smallest absolute Gasteiger partial charge is 0.172 e. The summed E-state index contributed by atoms with van der Waals surface area (Å²) in [5, 5.41) is 13.3. The van der Waals surface area contributed by atoms with Crippen molar-refractivity contribution in [3.8, 4) is 11.5 Å². The van der Waals surface area contributed by atoms with Crippen LogP contribution in [-0.2, 0) is 6.54 Å². The fourth-order valence-corrected chi connectivity index (χ4v) is 3.21. The van der Waals surface area contributed by atoms with Crippen LogP contribution in [0.3, 0.4) is 0 Å². The third-order valence-electron chi connectivity index (χ3n) is 3.29. The first-order valence-electron chi connectivity index (χ1n) is 6.56. The van der Waals surface area contributed by atoms with Crippen LogP contribution in [0, 0.1) is 0 Å². The van der Waals surface area contributed by atoms with E-state index in [1.54, 1.807) is 7.11 Å². The Morgan fingerprint density at radius 3 is 2.57 bits per heavy atom. The zero-order valence-electron chi connectivity index (χ0n) is 11.9. The molecule has 2 aromatic carbocycles. The number of aromatic hydroxyl groups is 1. The molecular formula is C16H17Br2NO2. The molecule has 0 amide bonds.